The molecule has 0 heterocycles. The Balaban J connectivity index is 1.91. The molecule has 2 unspecified atom stereocenters. The molecule has 1 aliphatic carbocycles. The maximum Gasteiger partial charge on any atom is 0.228 e. The maximum absolute atomic E-state index is 12.1. The monoisotopic (exact) mass is 336 g/mol. The van der Waals surface area contributed by atoms with Crippen LogP contribution >= 0.6 is 15.9 Å². The normalized spacial score (nSPS) is 20.1. The van der Waals surface area contributed by atoms with E-state index in [0.717, 1.165) is 15.7 Å². The van der Waals surface area contributed by atoms with Gasteiger partial charge in [0.05, 0.1) is 17.5 Å². The first-order valence-electron chi connectivity index (χ1n) is 6.48. The lowest BCUT2D eigenvalue weighted by Crippen LogP contribution is -2.27. The number of anilines is 1. The zero-order valence-corrected chi connectivity index (χ0v) is 12.9. The van der Waals surface area contributed by atoms with E-state index < -0.39 is 0 Å². The summed E-state index contributed by atoms with van der Waals surface area (Å²) in [4.78, 5) is 23.8. The van der Waals surface area contributed by atoms with Crippen molar-refractivity contribution >= 4 is 33.4 Å². The minimum absolute atomic E-state index is 0.0759. The molecule has 2 rings (SSSR count). The summed E-state index contributed by atoms with van der Waals surface area (Å²) in [7, 11) is 0. The lowest BCUT2D eigenvalue weighted by molar-refractivity contribution is -0.125. The Kier molecular flexibility index (Phi) is 4.60. The number of carbonyl (C=O) groups is 2. The van der Waals surface area contributed by atoms with Crippen molar-refractivity contribution in [1.29, 1.82) is 0 Å². The van der Waals surface area contributed by atoms with Gasteiger partial charge in [-0.3, -0.25) is 9.59 Å². The smallest absolute Gasteiger partial charge is 0.228 e. The van der Waals surface area contributed by atoms with Gasteiger partial charge in [-0.1, -0.05) is 12.1 Å². The van der Waals surface area contributed by atoms with Crippen molar-refractivity contribution in [3.05, 3.63) is 40.9 Å². The van der Waals surface area contributed by atoms with E-state index in [4.69, 9.17) is 0 Å². The van der Waals surface area contributed by atoms with Crippen LogP contribution in [0, 0.1) is 18.8 Å². The standard InChI is InChI=1S/C15H17BrN2O2/c1-3-6-17-14(19)10-8-11(10)15(20)18-13-5-4-9(2)7-12(13)16/h3-5,7,10-11H,1,6,8H2,2H3,(H,17,19)(H,18,20). The van der Waals surface area contributed by atoms with Gasteiger partial charge in [-0.15, -0.1) is 6.58 Å². The first kappa shape index (κ1) is 14.8. The molecule has 2 atom stereocenters. The van der Waals surface area contributed by atoms with Crippen LogP contribution in [0.1, 0.15) is 12.0 Å². The second-order valence-electron chi connectivity index (χ2n) is 4.96. The summed E-state index contributed by atoms with van der Waals surface area (Å²) in [5.41, 5.74) is 1.85. The Morgan fingerprint density at radius 1 is 1.40 bits per heavy atom. The van der Waals surface area contributed by atoms with E-state index in [0.29, 0.717) is 13.0 Å². The number of benzene rings is 1. The lowest BCUT2D eigenvalue weighted by Gasteiger charge is -2.08. The van der Waals surface area contributed by atoms with Gasteiger partial charge in [0.2, 0.25) is 11.8 Å². The highest BCUT2D eigenvalue weighted by Crippen LogP contribution is 2.40. The molecule has 2 N–H and O–H groups in total. The number of halogens is 1. The third kappa shape index (κ3) is 3.48. The number of hydrogen-bond acceptors (Lipinski definition) is 2. The number of nitrogens with one attached hydrogen (secondary N) is 2. The Hall–Kier alpha value is -1.62. The Morgan fingerprint density at radius 3 is 2.75 bits per heavy atom. The Bertz CT molecular complexity index is 557. The van der Waals surface area contributed by atoms with E-state index in [1.807, 2.05) is 25.1 Å². The molecule has 1 saturated carbocycles. The highest BCUT2D eigenvalue weighted by atomic mass is 79.9. The van der Waals surface area contributed by atoms with Crippen molar-refractivity contribution in [1.82, 2.24) is 5.32 Å². The molecule has 0 saturated heterocycles. The van der Waals surface area contributed by atoms with Gasteiger partial charge < -0.3 is 10.6 Å². The molecule has 106 valence electrons. The fourth-order valence-corrected chi connectivity index (χ4v) is 2.62. The quantitative estimate of drug-likeness (QED) is 0.812. The van der Waals surface area contributed by atoms with Crippen molar-refractivity contribution in [2.45, 2.75) is 13.3 Å². The molecule has 5 heteroatoms. The van der Waals surface area contributed by atoms with Crippen LogP contribution in [-0.2, 0) is 9.59 Å². The summed E-state index contributed by atoms with van der Waals surface area (Å²) in [6.07, 6.45) is 2.23. The molecule has 0 aliphatic heterocycles. The zero-order valence-electron chi connectivity index (χ0n) is 11.3. The average Bonchev–Trinajstić information content (AvgIpc) is 3.19. The molecule has 0 radical (unpaired) electrons. The second kappa shape index (κ2) is 6.22. The zero-order chi connectivity index (χ0) is 14.7. The molecule has 1 aliphatic rings. The Morgan fingerprint density at radius 2 is 2.10 bits per heavy atom. The molecule has 1 aromatic rings. The van der Waals surface area contributed by atoms with Gasteiger partial charge in [0, 0.05) is 11.0 Å². The summed E-state index contributed by atoms with van der Waals surface area (Å²) in [6, 6.07) is 5.73. The van der Waals surface area contributed by atoms with Gasteiger partial charge in [0.1, 0.15) is 0 Å². The van der Waals surface area contributed by atoms with Crippen LogP contribution in [0.5, 0.6) is 0 Å². The van der Waals surface area contributed by atoms with Crippen molar-refractivity contribution < 1.29 is 9.59 Å². The van der Waals surface area contributed by atoms with Crippen LogP contribution in [0.3, 0.4) is 0 Å². The first-order valence-corrected chi connectivity index (χ1v) is 7.28. The Labute approximate surface area is 126 Å². The highest BCUT2D eigenvalue weighted by molar-refractivity contribution is 9.10. The molecular weight excluding hydrogens is 320 g/mol. The van der Waals surface area contributed by atoms with Crippen molar-refractivity contribution in [2.24, 2.45) is 11.8 Å². The fraction of sp³-hybridized carbons (Fsp3) is 0.333. The second-order valence-corrected chi connectivity index (χ2v) is 5.81. The van der Waals surface area contributed by atoms with Crippen molar-refractivity contribution in [3.63, 3.8) is 0 Å². The van der Waals surface area contributed by atoms with Gasteiger partial charge in [0.25, 0.3) is 0 Å². The van der Waals surface area contributed by atoms with E-state index in [2.05, 4.69) is 33.1 Å². The summed E-state index contributed by atoms with van der Waals surface area (Å²) in [6.45, 7) is 5.96. The van der Waals surface area contributed by atoms with Gasteiger partial charge in [-0.2, -0.15) is 0 Å². The largest absolute Gasteiger partial charge is 0.352 e. The summed E-state index contributed by atoms with van der Waals surface area (Å²) < 4.78 is 0.846. The predicted octanol–water partition coefficient (Wildman–Crippen LogP) is 2.63. The van der Waals surface area contributed by atoms with Crippen LogP contribution in [0.4, 0.5) is 5.69 Å². The van der Waals surface area contributed by atoms with E-state index >= 15 is 0 Å². The number of aryl methyl sites for hydroxylation is 1. The molecule has 20 heavy (non-hydrogen) atoms. The minimum Gasteiger partial charge on any atom is -0.352 e. The van der Waals surface area contributed by atoms with E-state index in [1.54, 1.807) is 6.08 Å². The van der Waals surface area contributed by atoms with Crippen LogP contribution in [0.25, 0.3) is 0 Å². The molecule has 4 nitrogen and oxygen atoms in total. The average molecular weight is 337 g/mol. The summed E-state index contributed by atoms with van der Waals surface area (Å²) >= 11 is 3.42. The van der Waals surface area contributed by atoms with Gasteiger partial charge >= 0.3 is 0 Å². The molecule has 2 amide bonds. The molecular formula is C15H17BrN2O2. The van der Waals surface area contributed by atoms with Crippen LogP contribution < -0.4 is 10.6 Å². The minimum atomic E-state index is -0.229. The van der Waals surface area contributed by atoms with Crippen LogP contribution in [0.15, 0.2) is 35.3 Å². The van der Waals surface area contributed by atoms with Gasteiger partial charge in [-0.25, -0.2) is 0 Å². The number of amides is 2. The summed E-state index contributed by atoms with van der Waals surface area (Å²) in [5, 5.41) is 5.57. The molecule has 0 spiro atoms. The molecule has 1 aromatic carbocycles. The van der Waals surface area contributed by atoms with E-state index in [1.165, 1.54) is 0 Å². The molecule has 0 bridgehead atoms. The fourth-order valence-electron chi connectivity index (χ4n) is 2.03. The van der Waals surface area contributed by atoms with Gasteiger partial charge in [0.15, 0.2) is 0 Å². The van der Waals surface area contributed by atoms with Gasteiger partial charge in [-0.05, 0) is 47.0 Å². The van der Waals surface area contributed by atoms with Crippen LogP contribution in [-0.4, -0.2) is 18.4 Å². The number of rotatable bonds is 5. The molecule has 1 fully saturated rings. The van der Waals surface area contributed by atoms with Crippen molar-refractivity contribution in [2.75, 3.05) is 11.9 Å². The maximum atomic E-state index is 12.1. The first-order chi connectivity index (χ1) is 9.52. The van der Waals surface area contributed by atoms with Crippen molar-refractivity contribution in [3.8, 4) is 0 Å². The lowest BCUT2D eigenvalue weighted by atomic mass is 10.2. The third-order valence-electron chi connectivity index (χ3n) is 3.27. The highest BCUT2D eigenvalue weighted by Gasteiger charge is 2.47. The van der Waals surface area contributed by atoms with E-state index in [-0.39, 0.29) is 23.7 Å². The topological polar surface area (TPSA) is 58.2 Å². The number of carbonyl (C=O) groups excluding carboxylic acids is 2. The molecule has 0 aromatic heterocycles. The predicted molar refractivity (Wildman–Crippen MR) is 82.3 cm³/mol. The van der Waals surface area contributed by atoms with Crippen LogP contribution in [0.2, 0.25) is 0 Å². The summed E-state index contributed by atoms with van der Waals surface area (Å²) in [5.74, 6) is -0.617. The SMILES string of the molecule is C=CCNC(=O)C1CC1C(=O)Nc1ccc(C)cc1Br. The van der Waals surface area contributed by atoms with E-state index in [9.17, 15) is 9.59 Å². The number of hydrogen-bond donors (Lipinski definition) is 2. The third-order valence-corrected chi connectivity index (χ3v) is 3.92.